The van der Waals surface area contributed by atoms with Gasteiger partial charge in [0.2, 0.25) is 0 Å². The van der Waals surface area contributed by atoms with E-state index in [2.05, 4.69) is 4.98 Å². The fourth-order valence-electron chi connectivity index (χ4n) is 3.03. The summed E-state index contributed by atoms with van der Waals surface area (Å²) in [6, 6.07) is 3.00. The zero-order valence-electron chi connectivity index (χ0n) is 14.9. The van der Waals surface area contributed by atoms with Crippen LogP contribution in [0.25, 0.3) is 0 Å². The summed E-state index contributed by atoms with van der Waals surface area (Å²) in [6.45, 7) is 7.76. The van der Waals surface area contributed by atoms with E-state index in [0.29, 0.717) is 18.7 Å². The zero-order chi connectivity index (χ0) is 18.5. The average Bonchev–Trinajstić information content (AvgIpc) is 2.75. The number of halogens is 3. The number of hydrogen-bond donors (Lipinski definition) is 0. The van der Waals surface area contributed by atoms with Crippen molar-refractivity contribution in [2.24, 2.45) is 0 Å². The van der Waals surface area contributed by atoms with E-state index in [-0.39, 0.29) is 11.6 Å². The molecule has 0 bridgehead atoms. The molecule has 0 spiro atoms. The minimum absolute atomic E-state index is 0.0919. The van der Waals surface area contributed by atoms with Gasteiger partial charge in [-0.3, -0.25) is 0 Å². The van der Waals surface area contributed by atoms with Crippen LogP contribution in [-0.2, 0) is 20.2 Å². The van der Waals surface area contributed by atoms with Gasteiger partial charge in [-0.25, -0.2) is 4.98 Å². The van der Waals surface area contributed by atoms with Crippen molar-refractivity contribution in [2.45, 2.75) is 70.4 Å². The third kappa shape index (κ3) is 3.57. The Bertz CT molecular complexity index is 627. The molecule has 3 heterocycles. The summed E-state index contributed by atoms with van der Waals surface area (Å²) >= 11 is 0. The Morgan fingerprint density at radius 3 is 2.24 bits per heavy atom. The van der Waals surface area contributed by atoms with Gasteiger partial charge in [0.15, 0.2) is 0 Å². The molecule has 8 heteroatoms. The Kier molecular flexibility index (Phi) is 4.67. The monoisotopic (exact) mass is 357 g/mol. The van der Waals surface area contributed by atoms with E-state index in [0.717, 1.165) is 12.8 Å². The maximum atomic E-state index is 13.6. The number of hydrogen-bond acceptors (Lipinski definition) is 4. The normalized spacial score (nSPS) is 26.0. The molecule has 4 nitrogen and oxygen atoms in total. The second-order valence-electron chi connectivity index (χ2n) is 7.62. The molecule has 0 N–H and O–H groups in total. The number of alkyl halides is 3. The number of aromatic nitrogens is 1. The quantitative estimate of drug-likeness (QED) is 0.758. The van der Waals surface area contributed by atoms with Crippen molar-refractivity contribution < 1.29 is 27.2 Å². The lowest BCUT2D eigenvalue weighted by Crippen LogP contribution is -2.41. The molecule has 0 radical (unpaired) electrons. The lowest BCUT2D eigenvalue weighted by Gasteiger charge is -2.32. The first kappa shape index (κ1) is 18.7. The topological polar surface area (TPSA) is 40.6 Å². The molecule has 0 saturated carbocycles. The number of nitrogens with zero attached hydrogens (tertiary/aromatic N) is 1. The molecule has 2 aliphatic heterocycles. The highest BCUT2D eigenvalue weighted by molar-refractivity contribution is 6.62. The van der Waals surface area contributed by atoms with Gasteiger partial charge in [-0.05, 0) is 53.0 Å². The van der Waals surface area contributed by atoms with Gasteiger partial charge in [-0.2, -0.15) is 13.2 Å². The van der Waals surface area contributed by atoms with Crippen LogP contribution in [0.5, 0.6) is 0 Å². The van der Waals surface area contributed by atoms with Gasteiger partial charge in [-0.1, -0.05) is 6.07 Å². The summed E-state index contributed by atoms with van der Waals surface area (Å²) in [5.41, 5.74) is -2.17. The van der Waals surface area contributed by atoms with Gasteiger partial charge in [0.1, 0.15) is 5.69 Å². The highest BCUT2D eigenvalue weighted by atomic mass is 19.4. The summed E-state index contributed by atoms with van der Waals surface area (Å²) in [7, 11) is -1.10. The summed E-state index contributed by atoms with van der Waals surface area (Å²) in [5.74, 6) is 0. The largest absolute Gasteiger partial charge is 0.497 e. The molecule has 1 aromatic heterocycles. The molecule has 1 atom stereocenters. The SMILES string of the molecule is CC1(C)OB(c2ccc(C3CCCCO3)nc2C(F)(F)F)OC1(C)C. The van der Waals surface area contributed by atoms with Crippen LogP contribution < -0.4 is 5.46 Å². The van der Waals surface area contributed by atoms with E-state index in [1.165, 1.54) is 6.07 Å². The van der Waals surface area contributed by atoms with Crippen molar-refractivity contribution in [3.63, 3.8) is 0 Å². The maximum absolute atomic E-state index is 13.6. The van der Waals surface area contributed by atoms with Crippen LogP contribution in [0.4, 0.5) is 13.2 Å². The van der Waals surface area contributed by atoms with E-state index in [4.69, 9.17) is 14.0 Å². The smallest absolute Gasteiger partial charge is 0.399 e. The van der Waals surface area contributed by atoms with Crippen molar-refractivity contribution >= 4 is 12.6 Å². The molecule has 0 aliphatic carbocycles. The number of ether oxygens (including phenoxy) is 1. The Hall–Kier alpha value is -1.12. The van der Waals surface area contributed by atoms with E-state index >= 15 is 0 Å². The predicted octanol–water partition coefficient (Wildman–Crippen LogP) is 3.64. The minimum atomic E-state index is -4.59. The molecule has 1 unspecified atom stereocenters. The lowest BCUT2D eigenvalue weighted by molar-refractivity contribution is -0.140. The van der Waals surface area contributed by atoms with Crippen molar-refractivity contribution in [3.05, 3.63) is 23.5 Å². The summed E-state index contributed by atoms with van der Waals surface area (Å²) in [4.78, 5) is 3.90. The summed E-state index contributed by atoms with van der Waals surface area (Å²) in [5, 5.41) is 0. The highest BCUT2D eigenvalue weighted by Crippen LogP contribution is 2.38. The van der Waals surface area contributed by atoms with Gasteiger partial charge in [0.25, 0.3) is 0 Å². The first-order chi connectivity index (χ1) is 11.5. The van der Waals surface area contributed by atoms with E-state index in [1.807, 2.05) is 0 Å². The third-order valence-electron chi connectivity index (χ3n) is 5.23. The molecule has 0 amide bonds. The first-order valence-corrected chi connectivity index (χ1v) is 8.56. The lowest BCUT2D eigenvalue weighted by atomic mass is 9.77. The Balaban J connectivity index is 1.97. The average molecular weight is 357 g/mol. The standard InChI is InChI=1S/C17H23BF3NO3/c1-15(2)16(3,4)25-18(24-15)11-8-9-12(13-7-5-6-10-23-13)22-14(11)17(19,20)21/h8-9,13H,5-7,10H2,1-4H3. The van der Waals surface area contributed by atoms with Crippen LogP contribution in [0, 0.1) is 0 Å². The number of rotatable bonds is 2. The van der Waals surface area contributed by atoms with E-state index < -0.39 is 30.2 Å². The third-order valence-corrected chi connectivity index (χ3v) is 5.23. The molecule has 2 saturated heterocycles. The molecule has 138 valence electrons. The second kappa shape index (κ2) is 6.25. The maximum Gasteiger partial charge on any atom is 0.497 e. The van der Waals surface area contributed by atoms with Crippen molar-refractivity contribution in [1.29, 1.82) is 0 Å². The summed E-state index contributed by atoms with van der Waals surface area (Å²) in [6.07, 6.45) is -2.45. The van der Waals surface area contributed by atoms with Crippen molar-refractivity contribution in [1.82, 2.24) is 4.98 Å². The molecule has 1 aromatic rings. The van der Waals surface area contributed by atoms with E-state index in [1.54, 1.807) is 33.8 Å². The van der Waals surface area contributed by atoms with Crippen LogP contribution in [-0.4, -0.2) is 29.9 Å². The molecule has 2 fully saturated rings. The molecule has 3 rings (SSSR count). The Morgan fingerprint density at radius 2 is 1.72 bits per heavy atom. The van der Waals surface area contributed by atoms with Crippen LogP contribution in [0.3, 0.4) is 0 Å². The van der Waals surface area contributed by atoms with Gasteiger partial charge in [0.05, 0.1) is 23.0 Å². The van der Waals surface area contributed by atoms with Crippen LogP contribution in [0.15, 0.2) is 12.1 Å². The van der Waals surface area contributed by atoms with Gasteiger partial charge in [-0.15, -0.1) is 0 Å². The Labute approximate surface area is 146 Å². The molecular weight excluding hydrogens is 334 g/mol. The van der Waals surface area contributed by atoms with Gasteiger partial charge >= 0.3 is 13.3 Å². The van der Waals surface area contributed by atoms with Crippen LogP contribution in [0.2, 0.25) is 0 Å². The van der Waals surface area contributed by atoms with E-state index in [9.17, 15) is 13.2 Å². The fourth-order valence-corrected chi connectivity index (χ4v) is 3.03. The van der Waals surface area contributed by atoms with Gasteiger partial charge < -0.3 is 14.0 Å². The molecule has 2 aliphatic rings. The van der Waals surface area contributed by atoms with Crippen LogP contribution >= 0.6 is 0 Å². The first-order valence-electron chi connectivity index (χ1n) is 8.56. The predicted molar refractivity (Wildman–Crippen MR) is 87.5 cm³/mol. The van der Waals surface area contributed by atoms with Crippen molar-refractivity contribution in [3.8, 4) is 0 Å². The molecular formula is C17H23BF3NO3. The number of pyridine rings is 1. The second-order valence-corrected chi connectivity index (χ2v) is 7.62. The molecule has 0 aromatic carbocycles. The summed E-state index contributed by atoms with van der Waals surface area (Å²) < 4.78 is 58.0. The molecule has 25 heavy (non-hydrogen) atoms. The highest BCUT2D eigenvalue weighted by Gasteiger charge is 2.54. The van der Waals surface area contributed by atoms with Gasteiger partial charge in [0, 0.05) is 12.1 Å². The van der Waals surface area contributed by atoms with Crippen molar-refractivity contribution in [2.75, 3.05) is 6.61 Å². The van der Waals surface area contributed by atoms with Crippen LogP contribution in [0.1, 0.15) is 64.4 Å². The Morgan fingerprint density at radius 1 is 1.08 bits per heavy atom. The zero-order valence-corrected chi connectivity index (χ0v) is 14.9. The fraction of sp³-hybridized carbons (Fsp3) is 0.706. The minimum Gasteiger partial charge on any atom is -0.399 e.